The Hall–Kier alpha value is -5.36. The molecule has 58 heavy (non-hydrogen) atoms. The zero-order chi connectivity index (χ0) is 41.9. The van der Waals surface area contributed by atoms with Crippen molar-refractivity contribution in [1.82, 2.24) is 14.1 Å². The summed E-state index contributed by atoms with van der Waals surface area (Å²) in [5, 5.41) is 4.28. The smallest absolute Gasteiger partial charge is 0.309 e. The molecule has 5 aromatic carbocycles. The molecule has 0 radical (unpaired) electrons. The lowest BCUT2D eigenvalue weighted by molar-refractivity contribution is -0.137. The van der Waals surface area contributed by atoms with E-state index in [9.17, 15) is 13.2 Å². The van der Waals surface area contributed by atoms with E-state index in [-0.39, 0.29) is 21.7 Å². The number of rotatable bonds is 3. The molecule has 0 saturated heterocycles. The highest BCUT2D eigenvalue weighted by Crippen LogP contribution is 2.45. The second-order valence-corrected chi connectivity index (χ2v) is 20.2. The van der Waals surface area contributed by atoms with Crippen molar-refractivity contribution >= 4 is 43.6 Å². The van der Waals surface area contributed by atoms with Gasteiger partial charge < -0.3 is 9.13 Å². The fraction of sp³-hybridized carbons (Fsp3) is 0.327. The SMILES string of the molecule is CC(C)(C)c1ccc2c(c1)c1cc(C(C)(C)C)ccc1n2-c1cnccc1-c1ccc(C(F)(F)F)cc1-n1c2ccc(C(C)(C)C)cc2c2cc(C(C)(C)C)ccc21. The normalized spacial score (nSPS) is 13.4. The highest BCUT2D eigenvalue weighted by molar-refractivity contribution is 6.12. The third kappa shape index (κ3) is 6.68. The van der Waals surface area contributed by atoms with Crippen molar-refractivity contribution in [2.24, 2.45) is 0 Å². The molecule has 8 rings (SSSR count). The zero-order valence-electron chi connectivity index (χ0n) is 35.9. The molecular weight excluding hydrogens is 724 g/mol. The Kier molecular flexibility index (Phi) is 8.90. The van der Waals surface area contributed by atoms with Crippen LogP contribution < -0.4 is 0 Å². The highest BCUT2D eigenvalue weighted by Gasteiger charge is 2.33. The Morgan fingerprint density at radius 2 is 0.707 bits per heavy atom. The summed E-state index contributed by atoms with van der Waals surface area (Å²) in [5.74, 6) is 0. The molecule has 6 heteroatoms. The molecule has 0 amide bonds. The predicted molar refractivity (Wildman–Crippen MR) is 238 cm³/mol. The van der Waals surface area contributed by atoms with Gasteiger partial charge in [0.25, 0.3) is 0 Å². The van der Waals surface area contributed by atoms with Crippen molar-refractivity contribution < 1.29 is 13.2 Å². The summed E-state index contributed by atoms with van der Waals surface area (Å²) < 4.78 is 48.7. The van der Waals surface area contributed by atoms with Crippen LogP contribution in [0.25, 0.3) is 66.1 Å². The molecule has 0 N–H and O–H groups in total. The number of pyridine rings is 1. The van der Waals surface area contributed by atoms with Crippen LogP contribution in [0, 0.1) is 0 Å². The quantitative estimate of drug-likeness (QED) is 0.175. The van der Waals surface area contributed by atoms with Crippen LogP contribution in [-0.2, 0) is 27.8 Å². The van der Waals surface area contributed by atoms with E-state index in [1.165, 1.54) is 23.3 Å². The van der Waals surface area contributed by atoms with E-state index in [0.717, 1.165) is 66.0 Å². The summed E-state index contributed by atoms with van der Waals surface area (Å²) in [4.78, 5) is 4.66. The van der Waals surface area contributed by atoms with Crippen LogP contribution in [0.5, 0.6) is 0 Å². The molecule has 0 bridgehead atoms. The van der Waals surface area contributed by atoms with Gasteiger partial charge in [-0.2, -0.15) is 13.2 Å². The molecule has 3 aromatic heterocycles. The van der Waals surface area contributed by atoms with Gasteiger partial charge in [0, 0.05) is 38.9 Å². The minimum atomic E-state index is -4.55. The summed E-state index contributed by atoms with van der Waals surface area (Å²) in [5.41, 5.74) is 10.1. The van der Waals surface area contributed by atoms with Gasteiger partial charge in [-0.15, -0.1) is 0 Å². The lowest BCUT2D eigenvalue weighted by Gasteiger charge is -2.21. The summed E-state index contributed by atoms with van der Waals surface area (Å²) in [7, 11) is 0. The molecule has 8 aromatic rings. The lowest BCUT2D eigenvalue weighted by atomic mass is 9.85. The number of benzene rings is 5. The van der Waals surface area contributed by atoms with Crippen molar-refractivity contribution in [1.29, 1.82) is 0 Å². The first-order chi connectivity index (χ1) is 26.9. The van der Waals surface area contributed by atoms with Gasteiger partial charge in [0.05, 0.1) is 45.2 Å². The molecule has 0 aliphatic carbocycles. The number of alkyl halides is 3. The first kappa shape index (κ1) is 39.5. The van der Waals surface area contributed by atoms with Gasteiger partial charge in [0.2, 0.25) is 0 Å². The third-order valence-electron chi connectivity index (χ3n) is 11.9. The van der Waals surface area contributed by atoms with E-state index >= 15 is 0 Å². The molecule has 0 atom stereocenters. The van der Waals surface area contributed by atoms with Crippen LogP contribution in [0.4, 0.5) is 13.2 Å². The summed E-state index contributed by atoms with van der Waals surface area (Å²) in [6.07, 6.45) is -0.961. The Balaban J connectivity index is 1.48. The zero-order valence-corrected chi connectivity index (χ0v) is 35.9. The first-order valence-corrected chi connectivity index (χ1v) is 20.3. The second-order valence-electron chi connectivity index (χ2n) is 20.2. The molecule has 0 aliphatic heterocycles. The van der Waals surface area contributed by atoms with Crippen molar-refractivity contribution in [2.75, 3.05) is 0 Å². The van der Waals surface area contributed by atoms with Gasteiger partial charge in [-0.25, -0.2) is 0 Å². The van der Waals surface area contributed by atoms with Crippen LogP contribution in [-0.4, -0.2) is 14.1 Å². The van der Waals surface area contributed by atoms with E-state index in [1.54, 1.807) is 12.3 Å². The average Bonchev–Trinajstić information content (AvgIpc) is 3.64. The number of hydrogen-bond donors (Lipinski definition) is 0. The minimum Gasteiger partial charge on any atom is -0.309 e. The molecule has 0 aliphatic rings. The second kappa shape index (κ2) is 13.1. The van der Waals surface area contributed by atoms with Gasteiger partial charge in [-0.1, -0.05) is 113 Å². The Labute approximate surface area is 340 Å². The fourth-order valence-corrected chi connectivity index (χ4v) is 8.34. The van der Waals surface area contributed by atoms with Crippen LogP contribution in [0.15, 0.2) is 109 Å². The molecule has 3 nitrogen and oxygen atoms in total. The van der Waals surface area contributed by atoms with E-state index < -0.39 is 11.7 Å². The van der Waals surface area contributed by atoms with Crippen molar-refractivity contribution in [2.45, 2.75) is 111 Å². The monoisotopic (exact) mass is 777 g/mol. The number of fused-ring (bicyclic) bond motifs is 6. The first-order valence-electron chi connectivity index (χ1n) is 20.3. The molecule has 298 valence electrons. The van der Waals surface area contributed by atoms with Gasteiger partial charge in [0.15, 0.2) is 0 Å². The maximum atomic E-state index is 14.8. The summed E-state index contributed by atoms with van der Waals surface area (Å²) in [6.45, 7) is 26.5. The van der Waals surface area contributed by atoms with Gasteiger partial charge in [-0.3, -0.25) is 4.98 Å². The Morgan fingerprint density at radius 1 is 0.379 bits per heavy atom. The van der Waals surface area contributed by atoms with Crippen LogP contribution in [0.3, 0.4) is 0 Å². The maximum absolute atomic E-state index is 14.8. The van der Waals surface area contributed by atoms with Gasteiger partial charge in [0.1, 0.15) is 0 Å². The number of aromatic nitrogens is 3. The van der Waals surface area contributed by atoms with Crippen molar-refractivity contribution in [3.8, 4) is 22.5 Å². The topological polar surface area (TPSA) is 22.8 Å². The molecular formula is C52H54F3N3. The maximum Gasteiger partial charge on any atom is 0.416 e. The van der Waals surface area contributed by atoms with Gasteiger partial charge in [-0.05, 0) is 111 Å². The molecule has 0 unspecified atom stereocenters. The van der Waals surface area contributed by atoms with E-state index in [1.807, 2.05) is 16.8 Å². The highest BCUT2D eigenvalue weighted by atomic mass is 19.4. The van der Waals surface area contributed by atoms with E-state index in [0.29, 0.717) is 11.3 Å². The van der Waals surface area contributed by atoms with E-state index in [2.05, 4.69) is 165 Å². The Bertz CT molecular complexity index is 2770. The molecule has 0 saturated carbocycles. The molecule has 0 spiro atoms. The largest absolute Gasteiger partial charge is 0.416 e. The van der Waals surface area contributed by atoms with Gasteiger partial charge >= 0.3 is 6.18 Å². The molecule has 0 fully saturated rings. The molecule has 3 heterocycles. The minimum absolute atomic E-state index is 0.0670. The third-order valence-corrected chi connectivity index (χ3v) is 11.9. The average molecular weight is 778 g/mol. The Morgan fingerprint density at radius 3 is 1.05 bits per heavy atom. The summed E-state index contributed by atoms with van der Waals surface area (Å²) >= 11 is 0. The van der Waals surface area contributed by atoms with Crippen molar-refractivity contribution in [3.05, 3.63) is 137 Å². The lowest BCUT2D eigenvalue weighted by Crippen LogP contribution is -2.11. The van der Waals surface area contributed by atoms with Crippen molar-refractivity contribution in [3.63, 3.8) is 0 Å². The number of halogens is 3. The fourth-order valence-electron chi connectivity index (χ4n) is 8.34. The standard InChI is InChI=1S/C52H54F3N3/c1-48(2,3)31-14-19-42-38(25-31)39-26-32(49(4,5)6)15-20-43(39)57(42)46-29-35(52(53,54)55)13-18-36(46)37-23-24-56-30-47(37)58-44-21-16-33(50(7,8)9)27-40(44)41-28-34(51(10,11)12)17-22-45(41)58/h13-30H,1-12H3. The summed E-state index contributed by atoms with van der Waals surface area (Å²) in [6, 6.07) is 32.3. The van der Waals surface area contributed by atoms with Crippen LogP contribution in [0.2, 0.25) is 0 Å². The van der Waals surface area contributed by atoms with E-state index in [4.69, 9.17) is 0 Å². The van der Waals surface area contributed by atoms with Crippen LogP contribution in [0.1, 0.15) is 111 Å². The number of nitrogens with zero attached hydrogens (tertiary/aromatic N) is 3. The van der Waals surface area contributed by atoms with Crippen LogP contribution >= 0.6 is 0 Å². The number of hydrogen-bond acceptors (Lipinski definition) is 1. The predicted octanol–water partition coefficient (Wildman–Crippen LogP) is 15.2.